The number of piperidine rings is 1. The van der Waals surface area contributed by atoms with Gasteiger partial charge in [-0.15, -0.1) is 0 Å². The first-order valence-electron chi connectivity index (χ1n) is 6.19. The first-order chi connectivity index (χ1) is 8.35. The highest BCUT2D eigenvalue weighted by Crippen LogP contribution is 2.51. The molecule has 18 heavy (non-hydrogen) atoms. The van der Waals surface area contributed by atoms with Crippen molar-refractivity contribution in [2.24, 2.45) is 16.7 Å². The third-order valence-corrected chi connectivity index (χ3v) is 4.47. The van der Waals surface area contributed by atoms with Crippen molar-refractivity contribution in [2.75, 3.05) is 13.1 Å². The fraction of sp³-hybridized carbons (Fsp3) is 0.643. The summed E-state index contributed by atoms with van der Waals surface area (Å²) in [7, 11) is 0. The molecule has 2 rings (SSSR count). The van der Waals surface area contributed by atoms with Crippen LogP contribution in [0, 0.1) is 23.3 Å². The van der Waals surface area contributed by atoms with E-state index in [1.807, 2.05) is 20.8 Å². The summed E-state index contributed by atoms with van der Waals surface area (Å²) in [5, 5.41) is 0. The molecule has 1 aliphatic carbocycles. The molecule has 0 saturated carbocycles. The molecule has 0 aromatic carbocycles. The van der Waals surface area contributed by atoms with Gasteiger partial charge in [0.25, 0.3) is 0 Å². The van der Waals surface area contributed by atoms with Gasteiger partial charge in [-0.05, 0) is 17.8 Å². The molecule has 4 heteroatoms. The van der Waals surface area contributed by atoms with Gasteiger partial charge in [0.15, 0.2) is 5.78 Å². The second kappa shape index (κ2) is 3.94. The summed E-state index contributed by atoms with van der Waals surface area (Å²) in [5.41, 5.74) is -0.555. The number of allylic oxidation sites excluding steroid dienone is 1. The van der Waals surface area contributed by atoms with Crippen molar-refractivity contribution in [1.82, 2.24) is 4.90 Å². The first-order valence-corrected chi connectivity index (χ1v) is 6.19. The van der Waals surface area contributed by atoms with Crippen molar-refractivity contribution >= 4 is 12.2 Å². The van der Waals surface area contributed by atoms with Crippen LogP contribution in [0.3, 0.4) is 0 Å². The molecule has 1 saturated heterocycles. The lowest BCUT2D eigenvalue weighted by Gasteiger charge is -2.52. The van der Waals surface area contributed by atoms with Gasteiger partial charge < -0.3 is 9.69 Å². The predicted molar refractivity (Wildman–Crippen MR) is 67.3 cm³/mol. The molecular weight excluding hydrogens is 228 g/mol. The largest absolute Gasteiger partial charge is 0.344 e. The normalized spacial score (nSPS) is 34.3. The molecule has 0 aromatic rings. The van der Waals surface area contributed by atoms with Crippen LogP contribution in [0.4, 0.5) is 0 Å². The Kier molecular flexibility index (Phi) is 2.81. The zero-order chi connectivity index (χ0) is 13.6. The molecule has 0 bridgehead atoms. The molecule has 2 atom stereocenters. The minimum atomic E-state index is -0.516. The van der Waals surface area contributed by atoms with Crippen molar-refractivity contribution in [2.45, 2.75) is 27.2 Å². The summed E-state index contributed by atoms with van der Waals surface area (Å²) in [6.07, 6.45) is 3.46. The Labute approximate surface area is 107 Å². The van der Waals surface area contributed by atoms with E-state index in [4.69, 9.17) is 6.57 Å². The molecule has 0 N–H and O–H groups in total. The maximum absolute atomic E-state index is 12.3. The number of rotatable bonds is 1. The van der Waals surface area contributed by atoms with Crippen LogP contribution in [-0.4, -0.2) is 30.2 Å². The summed E-state index contributed by atoms with van der Waals surface area (Å²) in [6.45, 7) is 14.3. The third kappa shape index (κ3) is 1.66. The SMILES string of the molecule is [C-]#[N+]C1=C[C@]2(C)CN(C=O)CC[C@H]2C(C)(C)C1=O. The zero-order valence-corrected chi connectivity index (χ0v) is 11.1. The second-order valence-corrected chi connectivity index (χ2v) is 6.12. The van der Waals surface area contributed by atoms with Crippen LogP contribution in [0.1, 0.15) is 27.2 Å². The number of carbonyl (C=O) groups is 2. The van der Waals surface area contributed by atoms with Gasteiger partial charge in [0, 0.05) is 18.5 Å². The van der Waals surface area contributed by atoms with Gasteiger partial charge >= 0.3 is 0 Å². The average molecular weight is 246 g/mol. The Hall–Kier alpha value is -1.63. The maximum Gasteiger partial charge on any atom is 0.226 e. The molecule has 1 amide bonds. The number of amides is 1. The quantitative estimate of drug-likeness (QED) is 0.523. The van der Waals surface area contributed by atoms with Gasteiger partial charge in [0.1, 0.15) is 0 Å². The maximum atomic E-state index is 12.3. The molecular formula is C14H18N2O2. The second-order valence-electron chi connectivity index (χ2n) is 6.12. The Balaban J connectivity index is 2.49. The average Bonchev–Trinajstić information content (AvgIpc) is 2.33. The summed E-state index contributed by atoms with van der Waals surface area (Å²) < 4.78 is 0. The van der Waals surface area contributed by atoms with Crippen LogP contribution < -0.4 is 0 Å². The van der Waals surface area contributed by atoms with E-state index >= 15 is 0 Å². The van der Waals surface area contributed by atoms with Gasteiger partial charge in [0.2, 0.25) is 12.1 Å². The van der Waals surface area contributed by atoms with Gasteiger partial charge in [0.05, 0.1) is 6.57 Å². The van der Waals surface area contributed by atoms with E-state index < -0.39 is 5.41 Å². The monoisotopic (exact) mass is 246 g/mol. The van der Waals surface area contributed by atoms with Crippen molar-refractivity contribution in [1.29, 1.82) is 0 Å². The zero-order valence-electron chi connectivity index (χ0n) is 11.1. The lowest BCUT2D eigenvalue weighted by atomic mass is 9.55. The number of ketones is 1. The van der Waals surface area contributed by atoms with E-state index in [1.54, 1.807) is 11.0 Å². The van der Waals surface area contributed by atoms with Crippen molar-refractivity contribution in [3.8, 4) is 0 Å². The number of hydrogen-bond donors (Lipinski definition) is 0. The summed E-state index contributed by atoms with van der Waals surface area (Å²) in [5.74, 6) is 0.138. The highest BCUT2D eigenvalue weighted by Gasteiger charge is 2.52. The number of carbonyl (C=O) groups excluding carboxylic acids is 2. The molecule has 1 fully saturated rings. The fourth-order valence-electron chi connectivity index (χ4n) is 3.62. The Morgan fingerprint density at radius 3 is 2.72 bits per heavy atom. The highest BCUT2D eigenvalue weighted by atomic mass is 16.1. The van der Waals surface area contributed by atoms with Gasteiger partial charge in [-0.25, -0.2) is 4.85 Å². The van der Waals surface area contributed by atoms with E-state index in [1.165, 1.54) is 0 Å². The fourth-order valence-corrected chi connectivity index (χ4v) is 3.62. The number of nitrogens with zero attached hydrogens (tertiary/aromatic N) is 2. The van der Waals surface area contributed by atoms with Crippen molar-refractivity contribution < 1.29 is 9.59 Å². The standard InChI is InChI=1S/C14H18N2O2/c1-13(2)11-5-6-16(9-17)8-14(11,3)7-10(15-4)12(13)18/h7,9,11H,5-6,8H2,1-3H3/t11-,14+/m0/s1. The smallest absolute Gasteiger partial charge is 0.226 e. The Bertz CT molecular complexity index is 473. The van der Waals surface area contributed by atoms with Gasteiger partial charge in [-0.2, -0.15) is 0 Å². The molecule has 1 heterocycles. The van der Waals surface area contributed by atoms with E-state index in [-0.39, 0.29) is 22.8 Å². The number of likely N-dealkylation sites (tertiary alicyclic amines) is 1. The van der Waals surface area contributed by atoms with Crippen LogP contribution in [0.5, 0.6) is 0 Å². The molecule has 4 nitrogen and oxygen atoms in total. The Morgan fingerprint density at radius 2 is 2.17 bits per heavy atom. The lowest BCUT2D eigenvalue weighted by Crippen LogP contribution is -2.55. The van der Waals surface area contributed by atoms with Crippen LogP contribution in [0.2, 0.25) is 0 Å². The topological polar surface area (TPSA) is 41.7 Å². The molecule has 1 aliphatic heterocycles. The van der Waals surface area contributed by atoms with Crippen molar-refractivity contribution in [3.05, 3.63) is 23.2 Å². The van der Waals surface area contributed by atoms with E-state index in [0.29, 0.717) is 13.1 Å². The highest BCUT2D eigenvalue weighted by molar-refractivity contribution is 6.02. The van der Waals surface area contributed by atoms with Gasteiger partial charge in [-0.1, -0.05) is 26.8 Å². The van der Waals surface area contributed by atoms with Crippen LogP contribution in [0.15, 0.2) is 11.8 Å². The minimum Gasteiger partial charge on any atom is -0.344 e. The summed E-state index contributed by atoms with van der Waals surface area (Å²) in [4.78, 5) is 28.3. The molecule has 0 radical (unpaired) electrons. The van der Waals surface area contributed by atoms with E-state index in [9.17, 15) is 9.59 Å². The van der Waals surface area contributed by atoms with Crippen LogP contribution in [-0.2, 0) is 9.59 Å². The molecule has 2 aliphatic rings. The van der Waals surface area contributed by atoms with Crippen LogP contribution >= 0.6 is 0 Å². The molecule has 0 spiro atoms. The molecule has 0 unspecified atom stereocenters. The first kappa shape index (κ1) is 12.8. The van der Waals surface area contributed by atoms with E-state index in [0.717, 1.165) is 12.8 Å². The number of Topliss-reactive ketones (excluding diaryl/α,β-unsaturated/α-hetero) is 1. The number of hydrogen-bond acceptors (Lipinski definition) is 2. The van der Waals surface area contributed by atoms with Gasteiger partial charge in [-0.3, -0.25) is 4.79 Å². The minimum absolute atomic E-state index is 0.0560. The van der Waals surface area contributed by atoms with Crippen molar-refractivity contribution in [3.63, 3.8) is 0 Å². The van der Waals surface area contributed by atoms with Crippen LogP contribution in [0.25, 0.3) is 4.85 Å². The summed E-state index contributed by atoms with van der Waals surface area (Å²) >= 11 is 0. The molecule has 0 aromatic heterocycles. The summed E-state index contributed by atoms with van der Waals surface area (Å²) in [6, 6.07) is 0. The lowest BCUT2D eigenvalue weighted by molar-refractivity contribution is -0.134. The van der Waals surface area contributed by atoms with E-state index in [2.05, 4.69) is 4.85 Å². The Morgan fingerprint density at radius 1 is 1.50 bits per heavy atom. The third-order valence-electron chi connectivity index (χ3n) is 4.47. The molecule has 96 valence electrons. The predicted octanol–water partition coefficient (Wildman–Crippen LogP) is 1.88. The number of fused-ring (bicyclic) bond motifs is 1.